The monoisotopic (exact) mass is 371 g/mol. The van der Waals surface area contributed by atoms with Crippen LogP contribution in [0.2, 0.25) is 0 Å². The highest BCUT2D eigenvalue weighted by Gasteiger charge is 2.12. The van der Waals surface area contributed by atoms with Crippen LogP contribution in [0, 0.1) is 6.92 Å². The standard InChI is InChI=1S/C21H25NO3S/c1-4-15(3)26-17-10-11-19(14(2)13-17)22-20(23)12-9-16-7-5-6-8-18(16)21(24)25/h5-8,10-11,13,15H,4,9,12H2,1-3H3,(H,22,23)(H,24,25). The zero-order chi connectivity index (χ0) is 19.1. The van der Waals surface area contributed by atoms with E-state index in [1.54, 1.807) is 24.3 Å². The summed E-state index contributed by atoms with van der Waals surface area (Å²) in [6, 6.07) is 12.8. The van der Waals surface area contributed by atoms with E-state index in [0.29, 0.717) is 17.2 Å². The number of nitrogens with one attached hydrogen (secondary N) is 1. The molecule has 0 radical (unpaired) electrons. The highest BCUT2D eigenvalue weighted by atomic mass is 32.2. The summed E-state index contributed by atoms with van der Waals surface area (Å²) in [5.74, 6) is -1.08. The molecule has 1 amide bonds. The molecular weight excluding hydrogens is 346 g/mol. The van der Waals surface area contributed by atoms with E-state index in [0.717, 1.165) is 17.7 Å². The van der Waals surface area contributed by atoms with Gasteiger partial charge in [-0.1, -0.05) is 32.0 Å². The zero-order valence-electron chi connectivity index (χ0n) is 15.4. The van der Waals surface area contributed by atoms with Crippen LogP contribution in [0.3, 0.4) is 0 Å². The molecule has 5 heteroatoms. The molecule has 2 rings (SSSR count). The fraction of sp³-hybridized carbons (Fsp3) is 0.333. The third-order valence-electron chi connectivity index (χ3n) is 4.25. The summed E-state index contributed by atoms with van der Waals surface area (Å²) < 4.78 is 0. The lowest BCUT2D eigenvalue weighted by Gasteiger charge is -2.12. The first kappa shape index (κ1) is 20.0. The van der Waals surface area contributed by atoms with Gasteiger partial charge in [0.15, 0.2) is 0 Å². The highest BCUT2D eigenvalue weighted by molar-refractivity contribution is 7.99. The lowest BCUT2D eigenvalue weighted by atomic mass is 10.0. The van der Waals surface area contributed by atoms with Gasteiger partial charge in [-0.05, 0) is 55.2 Å². The van der Waals surface area contributed by atoms with Gasteiger partial charge in [-0.3, -0.25) is 4.79 Å². The predicted molar refractivity (Wildman–Crippen MR) is 107 cm³/mol. The fourth-order valence-corrected chi connectivity index (χ4v) is 3.60. The van der Waals surface area contributed by atoms with E-state index in [2.05, 4.69) is 25.2 Å². The number of hydrogen-bond donors (Lipinski definition) is 2. The quantitative estimate of drug-likeness (QED) is 0.629. The molecule has 2 aromatic carbocycles. The van der Waals surface area contributed by atoms with Crippen LogP contribution in [0.15, 0.2) is 47.4 Å². The third kappa shape index (κ3) is 5.63. The molecule has 0 spiro atoms. The van der Waals surface area contributed by atoms with Crippen LogP contribution in [0.1, 0.15) is 48.2 Å². The molecule has 2 N–H and O–H groups in total. The van der Waals surface area contributed by atoms with Crippen molar-refractivity contribution in [2.45, 2.75) is 50.2 Å². The molecule has 138 valence electrons. The average molecular weight is 372 g/mol. The Balaban J connectivity index is 1.97. The average Bonchev–Trinajstić information content (AvgIpc) is 2.62. The molecule has 0 aliphatic heterocycles. The van der Waals surface area contributed by atoms with Crippen LogP contribution in [0.4, 0.5) is 5.69 Å². The van der Waals surface area contributed by atoms with Crippen molar-refractivity contribution in [2.75, 3.05) is 5.32 Å². The number of carbonyl (C=O) groups excluding carboxylic acids is 1. The number of carboxylic acid groups (broad SMARTS) is 1. The molecule has 0 bridgehead atoms. The molecule has 0 aliphatic rings. The maximum absolute atomic E-state index is 12.3. The van der Waals surface area contributed by atoms with Crippen LogP contribution in [0.5, 0.6) is 0 Å². The van der Waals surface area contributed by atoms with Crippen molar-refractivity contribution in [3.8, 4) is 0 Å². The second-order valence-electron chi connectivity index (χ2n) is 6.32. The Labute approximate surface area is 159 Å². The molecule has 4 nitrogen and oxygen atoms in total. The van der Waals surface area contributed by atoms with Gasteiger partial charge in [0.2, 0.25) is 5.91 Å². The van der Waals surface area contributed by atoms with E-state index >= 15 is 0 Å². The van der Waals surface area contributed by atoms with Crippen molar-refractivity contribution in [1.29, 1.82) is 0 Å². The number of carbonyl (C=O) groups is 2. The summed E-state index contributed by atoms with van der Waals surface area (Å²) in [5.41, 5.74) is 2.75. The maximum Gasteiger partial charge on any atom is 0.335 e. The third-order valence-corrected chi connectivity index (χ3v) is 5.52. The van der Waals surface area contributed by atoms with Crippen molar-refractivity contribution in [1.82, 2.24) is 0 Å². The largest absolute Gasteiger partial charge is 0.478 e. The molecular formula is C21H25NO3S. The lowest BCUT2D eigenvalue weighted by molar-refractivity contribution is -0.116. The molecule has 0 aromatic heterocycles. The van der Waals surface area contributed by atoms with Gasteiger partial charge in [0.05, 0.1) is 5.56 Å². The topological polar surface area (TPSA) is 66.4 Å². The molecule has 0 heterocycles. The number of hydrogen-bond acceptors (Lipinski definition) is 3. The van der Waals surface area contributed by atoms with Gasteiger partial charge in [0.25, 0.3) is 0 Å². The van der Waals surface area contributed by atoms with Crippen LogP contribution in [0.25, 0.3) is 0 Å². The number of amides is 1. The molecule has 1 atom stereocenters. The number of benzene rings is 2. The Morgan fingerprint density at radius 3 is 2.58 bits per heavy atom. The van der Waals surface area contributed by atoms with Crippen LogP contribution in [-0.2, 0) is 11.2 Å². The van der Waals surface area contributed by atoms with Crippen LogP contribution in [-0.4, -0.2) is 22.2 Å². The number of anilines is 1. The Morgan fingerprint density at radius 1 is 1.19 bits per heavy atom. The van der Waals surface area contributed by atoms with Gasteiger partial charge >= 0.3 is 5.97 Å². The first-order chi connectivity index (χ1) is 12.4. The molecule has 2 aromatic rings. The van der Waals surface area contributed by atoms with Crippen molar-refractivity contribution in [2.24, 2.45) is 0 Å². The fourth-order valence-electron chi connectivity index (χ4n) is 2.57. The Morgan fingerprint density at radius 2 is 1.92 bits per heavy atom. The number of thioether (sulfide) groups is 1. The summed E-state index contributed by atoms with van der Waals surface area (Å²) in [5, 5.41) is 12.7. The van der Waals surface area contributed by atoms with Gasteiger partial charge < -0.3 is 10.4 Å². The lowest BCUT2D eigenvalue weighted by Crippen LogP contribution is -2.14. The summed E-state index contributed by atoms with van der Waals surface area (Å²) >= 11 is 1.83. The van der Waals surface area contributed by atoms with E-state index in [1.807, 2.05) is 30.8 Å². The van der Waals surface area contributed by atoms with E-state index in [-0.39, 0.29) is 17.9 Å². The van der Waals surface area contributed by atoms with Crippen LogP contribution >= 0.6 is 11.8 Å². The number of carboxylic acids is 1. The Kier molecular flexibility index (Phi) is 7.27. The minimum absolute atomic E-state index is 0.115. The Bertz CT molecular complexity index is 789. The number of aromatic carboxylic acids is 1. The van der Waals surface area contributed by atoms with Crippen LogP contribution < -0.4 is 5.32 Å². The van der Waals surface area contributed by atoms with Gasteiger partial charge in [0, 0.05) is 22.3 Å². The molecule has 1 unspecified atom stereocenters. The summed E-state index contributed by atoms with van der Waals surface area (Å²) in [6.07, 6.45) is 1.75. The SMILES string of the molecule is CCC(C)Sc1ccc(NC(=O)CCc2ccccc2C(=O)O)c(C)c1. The molecule has 0 saturated heterocycles. The highest BCUT2D eigenvalue weighted by Crippen LogP contribution is 2.28. The van der Waals surface area contributed by atoms with E-state index in [1.165, 1.54) is 4.90 Å². The second kappa shape index (κ2) is 9.43. The molecule has 0 aliphatic carbocycles. The summed E-state index contributed by atoms with van der Waals surface area (Å²) in [4.78, 5) is 24.7. The number of aryl methyl sites for hydroxylation is 2. The van der Waals surface area contributed by atoms with Gasteiger partial charge in [-0.15, -0.1) is 11.8 Å². The van der Waals surface area contributed by atoms with Crippen molar-refractivity contribution < 1.29 is 14.7 Å². The summed E-state index contributed by atoms with van der Waals surface area (Å²) in [7, 11) is 0. The van der Waals surface area contributed by atoms with E-state index in [9.17, 15) is 14.7 Å². The minimum Gasteiger partial charge on any atom is -0.478 e. The van der Waals surface area contributed by atoms with Crippen molar-refractivity contribution in [3.63, 3.8) is 0 Å². The first-order valence-electron chi connectivity index (χ1n) is 8.79. The molecule has 26 heavy (non-hydrogen) atoms. The van der Waals surface area contributed by atoms with Gasteiger partial charge in [-0.2, -0.15) is 0 Å². The summed E-state index contributed by atoms with van der Waals surface area (Å²) in [6.45, 7) is 6.35. The van der Waals surface area contributed by atoms with Gasteiger partial charge in [0.1, 0.15) is 0 Å². The van der Waals surface area contributed by atoms with Crippen molar-refractivity contribution in [3.05, 3.63) is 59.2 Å². The van der Waals surface area contributed by atoms with E-state index in [4.69, 9.17) is 0 Å². The Hall–Kier alpha value is -2.27. The zero-order valence-corrected chi connectivity index (χ0v) is 16.2. The maximum atomic E-state index is 12.3. The number of rotatable bonds is 8. The minimum atomic E-state index is -0.966. The molecule has 0 fully saturated rings. The smallest absolute Gasteiger partial charge is 0.335 e. The molecule has 0 saturated carbocycles. The van der Waals surface area contributed by atoms with Gasteiger partial charge in [-0.25, -0.2) is 4.79 Å². The second-order valence-corrected chi connectivity index (χ2v) is 7.84. The predicted octanol–water partition coefficient (Wildman–Crippen LogP) is 5.16. The van der Waals surface area contributed by atoms with E-state index < -0.39 is 5.97 Å². The first-order valence-corrected chi connectivity index (χ1v) is 9.67. The van der Waals surface area contributed by atoms with Crippen molar-refractivity contribution >= 4 is 29.3 Å². The normalized spacial score (nSPS) is 11.8.